The van der Waals surface area contributed by atoms with Gasteiger partial charge in [0.05, 0.1) is 0 Å². The Bertz CT molecular complexity index is 859. The minimum atomic E-state index is -5.78. The van der Waals surface area contributed by atoms with Crippen LogP contribution < -0.4 is 16.0 Å². The number of ether oxygens (including phenoxy) is 3. The van der Waals surface area contributed by atoms with E-state index in [0.29, 0.717) is 0 Å². The van der Waals surface area contributed by atoms with Crippen molar-refractivity contribution in [1.82, 2.24) is 16.0 Å². The number of nitrogens with one attached hydrogen (secondary N) is 3. The first-order valence-corrected chi connectivity index (χ1v) is 11.4. The van der Waals surface area contributed by atoms with Crippen LogP contribution in [0.2, 0.25) is 0 Å². The zero-order chi connectivity index (χ0) is 30.7. The van der Waals surface area contributed by atoms with Crippen LogP contribution in [0.1, 0.15) is 47.5 Å². The van der Waals surface area contributed by atoms with E-state index in [4.69, 9.17) is 14.7 Å². The van der Waals surface area contributed by atoms with Gasteiger partial charge in [-0.15, -0.1) is 0 Å². The van der Waals surface area contributed by atoms with Crippen LogP contribution in [-0.2, 0) is 23.7 Å². The number of aliphatic hydroxyl groups excluding tert-OH is 1. The standard InChI is InChI=1S/C21H33BF6N4O7/c1-18(2,3)39-17(35)32-16(22-38-11-29)30-9-7-8-12(31-15(34)19(4,5)36-6)13(33)10-37-14(20(23,24)25)21(26,27)28/h12-14,30,33H,7-10H2,1-6H3,(H,31,34)(H,32,35). The second-order valence-electron chi connectivity index (χ2n) is 9.59. The SMILES string of the molecule is COC(C)(C)C(=O)NC(CCCNC(=BOC#N)NC(=O)OC(C)(C)C)C(O)COC(C(F)(F)F)C(F)(F)F. The van der Waals surface area contributed by atoms with Gasteiger partial charge in [-0.3, -0.25) is 0 Å². The van der Waals surface area contributed by atoms with Gasteiger partial charge in [0.2, 0.25) is 0 Å². The Morgan fingerprint density at radius 1 is 1.05 bits per heavy atom. The Balaban J connectivity index is 5.43. The molecular weight excluding hydrogens is 545 g/mol. The topological polar surface area (TPSA) is 151 Å². The number of hydrogen-bond donors (Lipinski definition) is 4. The molecule has 2 amide bonds. The number of carbonyl (C=O) groups is 2. The van der Waals surface area contributed by atoms with Crippen LogP contribution in [0.4, 0.5) is 31.1 Å². The zero-order valence-electron chi connectivity index (χ0n) is 22.2. The van der Waals surface area contributed by atoms with Crippen LogP contribution in [-0.4, -0.2) is 92.0 Å². The van der Waals surface area contributed by atoms with E-state index in [0.717, 1.165) is 7.12 Å². The first-order valence-electron chi connectivity index (χ1n) is 11.4. The Hall–Kier alpha value is -2.78. The summed E-state index contributed by atoms with van der Waals surface area (Å²) in [5.41, 5.74) is -2.41. The molecule has 0 spiro atoms. The molecule has 0 saturated heterocycles. The van der Waals surface area contributed by atoms with E-state index < -0.39 is 60.4 Å². The van der Waals surface area contributed by atoms with Crippen molar-refractivity contribution in [1.29, 1.82) is 5.26 Å². The van der Waals surface area contributed by atoms with Gasteiger partial charge < -0.3 is 0 Å². The summed E-state index contributed by atoms with van der Waals surface area (Å²) in [4.78, 5) is 24.4. The van der Waals surface area contributed by atoms with Gasteiger partial charge in [-0.2, -0.15) is 0 Å². The number of halogens is 6. The molecule has 0 aromatic carbocycles. The Morgan fingerprint density at radius 2 is 1.62 bits per heavy atom. The molecule has 18 heteroatoms. The van der Waals surface area contributed by atoms with E-state index in [9.17, 15) is 41.0 Å². The molecule has 4 N–H and O–H groups in total. The van der Waals surface area contributed by atoms with Crippen molar-refractivity contribution in [2.75, 3.05) is 20.3 Å². The second kappa shape index (κ2) is 15.1. The third kappa shape index (κ3) is 14.8. The fourth-order valence-electron chi connectivity index (χ4n) is 2.64. The number of carbonyl (C=O) groups excluding carboxylic acids is 2. The van der Waals surface area contributed by atoms with Crippen molar-refractivity contribution < 1.29 is 59.9 Å². The molecule has 0 radical (unpaired) electrons. The average molecular weight is 578 g/mol. The molecule has 2 atom stereocenters. The van der Waals surface area contributed by atoms with Crippen LogP contribution in [0.5, 0.6) is 0 Å². The van der Waals surface area contributed by atoms with Gasteiger partial charge in [-0.05, 0) is 0 Å². The number of aliphatic hydroxyl groups is 1. The van der Waals surface area contributed by atoms with Crippen molar-refractivity contribution in [2.45, 2.75) is 89.3 Å². The summed E-state index contributed by atoms with van der Waals surface area (Å²) in [6.07, 6.45) is -17.4. The van der Waals surface area contributed by atoms with E-state index in [2.05, 4.69) is 25.3 Å². The molecule has 0 rings (SSSR count). The van der Waals surface area contributed by atoms with E-state index in [1.165, 1.54) is 27.2 Å². The summed E-state index contributed by atoms with van der Waals surface area (Å²) < 4.78 is 95.2. The van der Waals surface area contributed by atoms with Crippen LogP contribution in [0.3, 0.4) is 0 Å². The number of amides is 2. The molecule has 0 aromatic heterocycles. The first kappa shape index (κ1) is 36.2. The van der Waals surface area contributed by atoms with E-state index in [1.54, 1.807) is 20.8 Å². The Labute approximate surface area is 222 Å². The maximum atomic E-state index is 12.8. The van der Waals surface area contributed by atoms with Crippen molar-refractivity contribution in [2.24, 2.45) is 0 Å². The number of methoxy groups -OCH3 is 1. The van der Waals surface area contributed by atoms with E-state index in [-0.39, 0.29) is 25.1 Å². The molecule has 2 unspecified atom stereocenters. The van der Waals surface area contributed by atoms with Gasteiger partial charge in [0, 0.05) is 0 Å². The molecule has 0 saturated carbocycles. The number of rotatable bonds is 14. The Morgan fingerprint density at radius 3 is 2.08 bits per heavy atom. The van der Waals surface area contributed by atoms with Crippen LogP contribution in [0.15, 0.2) is 0 Å². The summed E-state index contributed by atoms with van der Waals surface area (Å²) in [6.45, 7) is 6.08. The average Bonchev–Trinajstić information content (AvgIpc) is 2.75. The maximum absolute atomic E-state index is 12.8. The van der Waals surface area contributed by atoms with E-state index >= 15 is 0 Å². The van der Waals surface area contributed by atoms with Crippen molar-refractivity contribution >= 4 is 24.8 Å². The summed E-state index contributed by atoms with van der Waals surface area (Å²) in [5, 5.41) is 26.2. The number of alkyl carbamates (subject to hydrolysis) is 1. The van der Waals surface area contributed by atoms with Crippen LogP contribution in [0, 0.1) is 11.5 Å². The van der Waals surface area contributed by atoms with Gasteiger partial charge in [0.1, 0.15) is 0 Å². The predicted molar refractivity (Wildman–Crippen MR) is 125 cm³/mol. The number of hydrogen-bond acceptors (Lipinski definition) is 9. The molecule has 0 aliphatic rings. The summed E-state index contributed by atoms with van der Waals surface area (Å²) in [5.74, 6) is -0.806. The van der Waals surface area contributed by atoms with Crippen molar-refractivity contribution in [3.05, 3.63) is 0 Å². The van der Waals surface area contributed by atoms with Gasteiger partial charge in [-0.25, -0.2) is 0 Å². The molecule has 0 fully saturated rings. The molecule has 0 aliphatic heterocycles. The quantitative estimate of drug-likeness (QED) is 0.105. The number of alkyl halides is 6. The predicted octanol–water partition coefficient (Wildman–Crippen LogP) is 1.87. The monoisotopic (exact) mass is 578 g/mol. The second-order valence-corrected chi connectivity index (χ2v) is 9.59. The summed E-state index contributed by atoms with van der Waals surface area (Å²) in [6, 6.07) is -1.36. The minimum absolute atomic E-state index is 0.0300. The molecule has 11 nitrogen and oxygen atoms in total. The molecule has 39 heavy (non-hydrogen) atoms. The third-order valence-corrected chi connectivity index (χ3v) is 4.74. The number of nitrogens with zero attached hydrogens (tertiary/aromatic N) is 1. The van der Waals surface area contributed by atoms with E-state index in [1.807, 2.05) is 0 Å². The van der Waals surface area contributed by atoms with Crippen molar-refractivity contribution in [3.8, 4) is 6.26 Å². The zero-order valence-corrected chi connectivity index (χ0v) is 22.2. The summed E-state index contributed by atoms with van der Waals surface area (Å²) >= 11 is 0. The molecular formula is C21H33BF6N4O7. The molecule has 0 bridgehead atoms. The fraction of sp³-hybridized carbons (Fsp3) is 0.810. The molecule has 224 valence electrons. The molecule has 0 aliphatic carbocycles. The third-order valence-electron chi connectivity index (χ3n) is 4.74. The van der Waals surface area contributed by atoms with Gasteiger partial charge >= 0.3 is 222 Å². The van der Waals surface area contributed by atoms with Gasteiger partial charge in [0.15, 0.2) is 0 Å². The molecule has 0 aromatic rings. The van der Waals surface area contributed by atoms with Crippen molar-refractivity contribution in [3.63, 3.8) is 0 Å². The Kier molecular flexibility index (Phi) is 14.1. The number of nitriles is 1. The van der Waals surface area contributed by atoms with Crippen LogP contribution in [0.25, 0.3) is 0 Å². The normalized spacial score (nSPS) is 14.5. The summed E-state index contributed by atoms with van der Waals surface area (Å²) in [7, 11) is 2.05. The van der Waals surface area contributed by atoms with Crippen LogP contribution >= 0.6 is 0 Å². The van der Waals surface area contributed by atoms with Gasteiger partial charge in [0.25, 0.3) is 0 Å². The first-order chi connectivity index (χ1) is 17.6. The fourth-order valence-corrected chi connectivity index (χ4v) is 2.64. The van der Waals surface area contributed by atoms with Gasteiger partial charge in [-0.1, -0.05) is 0 Å². The molecule has 0 heterocycles.